The van der Waals surface area contributed by atoms with Crippen molar-refractivity contribution in [3.63, 3.8) is 0 Å². The second-order valence-electron chi connectivity index (χ2n) is 6.88. The molecule has 1 atom stereocenters. The molecule has 0 saturated carbocycles. The molecule has 26 heavy (non-hydrogen) atoms. The molecule has 1 aliphatic carbocycles. The number of halogens is 2. The number of fused-ring (bicyclic) bond motifs is 1. The fourth-order valence-corrected chi connectivity index (χ4v) is 4.96. The maximum atomic E-state index is 11.1. The van der Waals surface area contributed by atoms with Crippen molar-refractivity contribution < 1.29 is 19.7 Å². The van der Waals surface area contributed by atoms with E-state index >= 15 is 0 Å². The van der Waals surface area contributed by atoms with Gasteiger partial charge in [0.05, 0.1) is 15.4 Å². The molecule has 3 rings (SSSR count). The van der Waals surface area contributed by atoms with Crippen molar-refractivity contribution in [2.45, 2.75) is 44.9 Å². The first-order chi connectivity index (χ1) is 12.3. The highest BCUT2D eigenvalue weighted by Crippen LogP contribution is 2.48. The smallest absolute Gasteiger partial charge is 0.303 e. The number of ether oxygens (including phenoxy) is 1. The second-order valence-corrected chi connectivity index (χ2v) is 8.53. The van der Waals surface area contributed by atoms with Gasteiger partial charge in [0, 0.05) is 5.56 Å². The Balaban J connectivity index is 1.96. The van der Waals surface area contributed by atoms with Crippen LogP contribution in [-0.4, -0.2) is 16.2 Å². The maximum absolute atomic E-state index is 11.1. The van der Waals surface area contributed by atoms with Gasteiger partial charge in [-0.15, -0.1) is 0 Å². The maximum Gasteiger partial charge on any atom is 0.303 e. The number of carboxylic acids is 1. The zero-order chi connectivity index (χ0) is 19.0. The van der Waals surface area contributed by atoms with Gasteiger partial charge < -0.3 is 14.9 Å². The summed E-state index contributed by atoms with van der Waals surface area (Å²) in [7, 11) is 0. The fourth-order valence-electron chi connectivity index (χ4n) is 3.44. The average Bonchev–Trinajstić information content (AvgIpc) is 2.94. The Kier molecular flexibility index (Phi) is 5.63. The van der Waals surface area contributed by atoms with Gasteiger partial charge in [0.2, 0.25) is 0 Å². The Bertz CT molecular complexity index is 861. The van der Waals surface area contributed by atoms with Crippen LogP contribution in [0, 0.1) is 0 Å². The van der Waals surface area contributed by atoms with E-state index in [0.29, 0.717) is 11.5 Å². The molecule has 2 aromatic carbocycles. The van der Waals surface area contributed by atoms with Crippen LogP contribution in [0.5, 0.6) is 17.2 Å². The zero-order valence-electron chi connectivity index (χ0n) is 14.6. The minimum Gasteiger partial charge on any atom is -0.508 e. The molecule has 0 fully saturated rings. The number of hydrogen-bond acceptors (Lipinski definition) is 3. The fraction of sp³-hybridized carbons (Fsp3) is 0.350. The van der Waals surface area contributed by atoms with Crippen LogP contribution in [0.2, 0.25) is 0 Å². The van der Waals surface area contributed by atoms with Crippen LogP contribution >= 0.6 is 31.9 Å². The van der Waals surface area contributed by atoms with Gasteiger partial charge in [0.15, 0.2) is 5.75 Å². The van der Waals surface area contributed by atoms with E-state index in [9.17, 15) is 9.90 Å². The molecule has 2 aromatic rings. The van der Waals surface area contributed by atoms with Gasteiger partial charge in [-0.25, -0.2) is 0 Å². The van der Waals surface area contributed by atoms with Gasteiger partial charge in [-0.05, 0) is 91.9 Å². The lowest BCUT2D eigenvalue weighted by molar-refractivity contribution is -0.137. The van der Waals surface area contributed by atoms with Crippen LogP contribution in [0.3, 0.4) is 0 Å². The highest BCUT2D eigenvalue weighted by atomic mass is 79.9. The molecule has 0 amide bonds. The van der Waals surface area contributed by atoms with E-state index in [1.54, 1.807) is 12.1 Å². The minimum absolute atomic E-state index is 0.0327. The number of carboxylic acid groups (broad SMARTS) is 1. The van der Waals surface area contributed by atoms with Gasteiger partial charge in [-0.1, -0.05) is 13.8 Å². The Labute approximate surface area is 169 Å². The first-order valence-electron chi connectivity index (χ1n) is 8.51. The molecule has 0 saturated heterocycles. The molecule has 0 aliphatic heterocycles. The van der Waals surface area contributed by atoms with Crippen molar-refractivity contribution in [2.24, 2.45) is 0 Å². The number of aliphatic carboxylic acids is 1. The Morgan fingerprint density at radius 1 is 1.31 bits per heavy atom. The Morgan fingerprint density at radius 3 is 2.69 bits per heavy atom. The molecule has 4 nitrogen and oxygen atoms in total. The number of benzene rings is 2. The molecule has 1 unspecified atom stereocenters. The van der Waals surface area contributed by atoms with Crippen molar-refractivity contribution in [1.29, 1.82) is 0 Å². The molecule has 2 N–H and O–H groups in total. The summed E-state index contributed by atoms with van der Waals surface area (Å²) in [5.74, 6) is 1.01. The Hall–Kier alpha value is -1.53. The molecule has 0 bridgehead atoms. The number of hydrogen-bond donors (Lipinski definition) is 2. The second kappa shape index (κ2) is 7.61. The summed E-state index contributed by atoms with van der Waals surface area (Å²) >= 11 is 7.21. The van der Waals surface area contributed by atoms with E-state index in [-0.39, 0.29) is 24.0 Å². The van der Waals surface area contributed by atoms with Crippen LogP contribution in [0.1, 0.15) is 55.2 Å². The highest BCUT2D eigenvalue weighted by molar-refractivity contribution is 9.11. The van der Waals surface area contributed by atoms with E-state index in [1.807, 2.05) is 26.0 Å². The predicted octanol–water partition coefficient (Wildman–Crippen LogP) is 6.34. The normalized spacial score (nSPS) is 16.0. The van der Waals surface area contributed by atoms with E-state index in [0.717, 1.165) is 38.5 Å². The van der Waals surface area contributed by atoms with Gasteiger partial charge in [-0.2, -0.15) is 0 Å². The van der Waals surface area contributed by atoms with Crippen molar-refractivity contribution in [3.8, 4) is 17.2 Å². The van der Waals surface area contributed by atoms with Crippen LogP contribution in [0.25, 0.3) is 0 Å². The first-order valence-corrected chi connectivity index (χ1v) is 10.1. The van der Waals surface area contributed by atoms with Gasteiger partial charge in [0.1, 0.15) is 11.5 Å². The minimum atomic E-state index is -0.777. The predicted molar refractivity (Wildman–Crippen MR) is 107 cm³/mol. The third-order valence-electron chi connectivity index (χ3n) is 4.76. The van der Waals surface area contributed by atoms with E-state index in [1.165, 1.54) is 0 Å². The third kappa shape index (κ3) is 3.76. The number of aromatic hydroxyl groups is 1. The standard InChI is InChI=1S/C20H20Br2O4/c1-10(2)14-8-12(4-6-17(14)23)26-20-16(21)9-15-11(7-18(24)25)3-5-13(15)19(20)22/h4,6,8-11,23H,3,5,7H2,1-2H3,(H,24,25). The highest BCUT2D eigenvalue weighted by Gasteiger charge is 2.29. The molecule has 0 spiro atoms. The molecular weight excluding hydrogens is 464 g/mol. The van der Waals surface area contributed by atoms with Gasteiger partial charge in [-0.3, -0.25) is 4.79 Å². The summed E-state index contributed by atoms with van der Waals surface area (Å²) in [6.45, 7) is 4.03. The van der Waals surface area contributed by atoms with Crippen molar-refractivity contribution in [3.05, 3.63) is 49.9 Å². The van der Waals surface area contributed by atoms with Gasteiger partial charge in [0.25, 0.3) is 0 Å². The topological polar surface area (TPSA) is 66.8 Å². The molecule has 0 aromatic heterocycles. The lowest BCUT2D eigenvalue weighted by Gasteiger charge is -2.17. The number of phenolic OH excluding ortho intramolecular Hbond substituents is 1. The van der Waals surface area contributed by atoms with Crippen LogP contribution in [0.4, 0.5) is 0 Å². The summed E-state index contributed by atoms with van der Waals surface area (Å²) in [5, 5.41) is 19.1. The van der Waals surface area contributed by atoms with E-state index in [2.05, 4.69) is 31.9 Å². The summed E-state index contributed by atoms with van der Waals surface area (Å²) in [4.78, 5) is 11.1. The summed E-state index contributed by atoms with van der Waals surface area (Å²) in [6.07, 6.45) is 1.79. The largest absolute Gasteiger partial charge is 0.508 e. The molecule has 6 heteroatoms. The first kappa shape index (κ1) is 19.2. The SMILES string of the molecule is CC(C)c1cc(Oc2c(Br)cc3c(c2Br)CCC3CC(=O)O)ccc1O. The van der Waals surface area contributed by atoms with E-state index in [4.69, 9.17) is 9.84 Å². The van der Waals surface area contributed by atoms with Crippen LogP contribution in [0.15, 0.2) is 33.2 Å². The lowest BCUT2D eigenvalue weighted by atomic mass is 9.98. The monoisotopic (exact) mass is 482 g/mol. The van der Waals surface area contributed by atoms with Crippen molar-refractivity contribution >= 4 is 37.8 Å². The van der Waals surface area contributed by atoms with Gasteiger partial charge >= 0.3 is 5.97 Å². The number of phenols is 1. The molecule has 138 valence electrons. The summed E-state index contributed by atoms with van der Waals surface area (Å²) in [5.41, 5.74) is 3.00. The quantitative estimate of drug-likeness (QED) is 0.520. The van der Waals surface area contributed by atoms with Crippen LogP contribution < -0.4 is 4.74 Å². The molecule has 1 aliphatic rings. The Morgan fingerprint density at radius 2 is 2.04 bits per heavy atom. The number of rotatable bonds is 5. The van der Waals surface area contributed by atoms with Crippen LogP contribution in [-0.2, 0) is 11.2 Å². The summed E-state index contributed by atoms with van der Waals surface area (Å²) < 4.78 is 7.74. The summed E-state index contributed by atoms with van der Waals surface area (Å²) in [6, 6.07) is 7.20. The average molecular weight is 484 g/mol. The van der Waals surface area contributed by atoms with Crippen molar-refractivity contribution in [1.82, 2.24) is 0 Å². The molecule has 0 radical (unpaired) electrons. The zero-order valence-corrected chi connectivity index (χ0v) is 17.7. The molecule has 0 heterocycles. The van der Waals surface area contributed by atoms with E-state index < -0.39 is 5.97 Å². The van der Waals surface area contributed by atoms with Crippen molar-refractivity contribution in [2.75, 3.05) is 0 Å². The number of carbonyl (C=O) groups is 1. The third-order valence-corrected chi connectivity index (χ3v) is 6.18. The molecular formula is C20H20Br2O4. The lowest BCUT2D eigenvalue weighted by Crippen LogP contribution is -2.03.